The van der Waals surface area contributed by atoms with Gasteiger partial charge in [0.2, 0.25) is 0 Å². The van der Waals surface area contributed by atoms with E-state index in [2.05, 4.69) is 5.32 Å². The Morgan fingerprint density at radius 3 is 2.25 bits per heavy atom. The zero-order valence-electron chi connectivity index (χ0n) is 9.60. The van der Waals surface area contributed by atoms with E-state index >= 15 is 0 Å². The molecule has 1 N–H and O–H groups in total. The Morgan fingerprint density at radius 2 is 1.81 bits per heavy atom. The standard InChI is InChI=1S/C12H16F3N/c1-8(2)16-11(12(13,14)15)10-6-4-5-9(3)7-10/h4-8,11,16H,1-3H3/t11-/m1/s1. The van der Waals surface area contributed by atoms with Crippen molar-refractivity contribution in [2.24, 2.45) is 0 Å². The van der Waals surface area contributed by atoms with E-state index in [0.717, 1.165) is 5.56 Å². The first-order chi connectivity index (χ1) is 7.30. The maximum Gasteiger partial charge on any atom is 0.407 e. The summed E-state index contributed by atoms with van der Waals surface area (Å²) in [5.74, 6) is 0. The Labute approximate surface area is 93.7 Å². The molecule has 16 heavy (non-hydrogen) atoms. The predicted octanol–water partition coefficient (Wildman–Crippen LogP) is 3.60. The Kier molecular flexibility index (Phi) is 3.97. The molecule has 1 aromatic carbocycles. The molecule has 1 atom stereocenters. The number of hydrogen-bond acceptors (Lipinski definition) is 1. The third-order valence-electron chi connectivity index (χ3n) is 2.20. The van der Waals surface area contributed by atoms with E-state index in [1.54, 1.807) is 39.0 Å². The smallest absolute Gasteiger partial charge is 0.300 e. The van der Waals surface area contributed by atoms with Gasteiger partial charge in [0.1, 0.15) is 6.04 Å². The first-order valence-electron chi connectivity index (χ1n) is 5.20. The molecule has 0 aliphatic rings. The summed E-state index contributed by atoms with van der Waals surface area (Å²) in [6.07, 6.45) is -4.27. The average Bonchev–Trinajstić information content (AvgIpc) is 2.12. The molecule has 0 fully saturated rings. The molecular weight excluding hydrogens is 215 g/mol. The van der Waals surface area contributed by atoms with Gasteiger partial charge >= 0.3 is 6.18 Å². The van der Waals surface area contributed by atoms with Gasteiger partial charge in [-0.05, 0) is 12.5 Å². The maximum absolute atomic E-state index is 12.8. The summed E-state index contributed by atoms with van der Waals surface area (Å²) in [6, 6.07) is 4.69. The summed E-state index contributed by atoms with van der Waals surface area (Å²) in [5, 5.41) is 2.54. The van der Waals surface area contributed by atoms with E-state index in [-0.39, 0.29) is 11.6 Å². The minimum Gasteiger partial charge on any atom is -0.300 e. The summed E-state index contributed by atoms with van der Waals surface area (Å²) in [6.45, 7) is 5.19. The van der Waals surface area contributed by atoms with E-state index in [0.29, 0.717) is 0 Å². The summed E-state index contributed by atoms with van der Waals surface area (Å²) in [7, 11) is 0. The zero-order chi connectivity index (χ0) is 12.3. The van der Waals surface area contributed by atoms with E-state index < -0.39 is 12.2 Å². The number of benzene rings is 1. The molecule has 1 nitrogen and oxygen atoms in total. The van der Waals surface area contributed by atoms with Crippen LogP contribution in [0.5, 0.6) is 0 Å². The van der Waals surface area contributed by atoms with Crippen LogP contribution in [0.4, 0.5) is 13.2 Å². The fourth-order valence-electron chi connectivity index (χ4n) is 1.56. The van der Waals surface area contributed by atoms with Crippen LogP contribution in [0, 0.1) is 6.92 Å². The van der Waals surface area contributed by atoms with Crippen LogP contribution >= 0.6 is 0 Å². The van der Waals surface area contributed by atoms with Crippen LogP contribution in [-0.2, 0) is 0 Å². The molecule has 0 saturated carbocycles. The monoisotopic (exact) mass is 231 g/mol. The van der Waals surface area contributed by atoms with Crippen LogP contribution in [-0.4, -0.2) is 12.2 Å². The molecule has 1 aromatic rings. The van der Waals surface area contributed by atoms with Crippen molar-refractivity contribution < 1.29 is 13.2 Å². The number of hydrogen-bond donors (Lipinski definition) is 1. The molecule has 0 bridgehead atoms. The van der Waals surface area contributed by atoms with Gasteiger partial charge < -0.3 is 5.32 Å². The zero-order valence-corrected chi connectivity index (χ0v) is 9.60. The summed E-state index contributed by atoms with van der Waals surface area (Å²) in [4.78, 5) is 0. The Morgan fingerprint density at radius 1 is 1.19 bits per heavy atom. The van der Waals surface area contributed by atoms with E-state index in [9.17, 15) is 13.2 Å². The number of alkyl halides is 3. The summed E-state index contributed by atoms with van der Waals surface area (Å²) >= 11 is 0. The number of halogens is 3. The van der Waals surface area contributed by atoms with Gasteiger partial charge in [0, 0.05) is 6.04 Å². The van der Waals surface area contributed by atoms with Crippen molar-refractivity contribution in [3.8, 4) is 0 Å². The van der Waals surface area contributed by atoms with Gasteiger partial charge in [-0.1, -0.05) is 43.7 Å². The minimum atomic E-state index is -4.27. The highest BCUT2D eigenvalue weighted by Crippen LogP contribution is 2.33. The van der Waals surface area contributed by atoms with Gasteiger partial charge in [-0.15, -0.1) is 0 Å². The first kappa shape index (κ1) is 13.0. The number of rotatable bonds is 3. The molecule has 4 heteroatoms. The number of nitrogens with one attached hydrogen (secondary N) is 1. The van der Waals surface area contributed by atoms with Crippen LogP contribution in [0.1, 0.15) is 31.0 Å². The fraction of sp³-hybridized carbons (Fsp3) is 0.500. The highest BCUT2D eigenvalue weighted by atomic mass is 19.4. The predicted molar refractivity (Wildman–Crippen MR) is 58.2 cm³/mol. The van der Waals surface area contributed by atoms with Crippen LogP contribution in [0.3, 0.4) is 0 Å². The number of aryl methyl sites for hydroxylation is 1. The molecule has 0 aromatic heterocycles. The van der Waals surface area contributed by atoms with Gasteiger partial charge in [0.15, 0.2) is 0 Å². The molecule has 0 spiro atoms. The van der Waals surface area contributed by atoms with Gasteiger partial charge in [0.25, 0.3) is 0 Å². The lowest BCUT2D eigenvalue weighted by Gasteiger charge is -2.24. The van der Waals surface area contributed by atoms with Gasteiger partial charge in [-0.3, -0.25) is 0 Å². The van der Waals surface area contributed by atoms with Crippen molar-refractivity contribution in [1.29, 1.82) is 0 Å². The maximum atomic E-state index is 12.8. The van der Waals surface area contributed by atoms with Crippen LogP contribution < -0.4 is 5.32 Å². The lowest BCUT2D eigenvalue weighted by Crippen LogP contribution is -2.38. The highest BCUT2D eigenvalue weighted by molar-refractivity contribution is 5.26. The second kappa shape index (κ2) is 4.87. The molecule has 1 rings (SSSR count). The van der Waals surface area contributed by atoms with Gasteiger partial charge in [-0.2, -0.15) is 13.2 Å². The van der Waals surface area contributed by atoms with Crippen LogP contribution in [0.25, 0.3) is 0 Å². The average molecular weight is 231 g/mol. The molecular formula is C12H16F3N. The largest absolute Gasteiger partial charge is 0.407 e. The molecule has 0 amide bonds. The van der Waals surface area contributed by atoms with Gasteiger partial charge in [-0.25, -0.2) is 0 Å². The highest BCUT2D eigenvalue weighted by Gasteiger charge is 2.40. The second-order valence-corrected chi connectivity index (χ2v) is 4.21. The molecule has 0 aliphatic carbocycles. The molecule has 0 saturated heterocycles. The Balaban J connectivity index is 3.01. The topological polar surface area (TPSA) is 12.0 Å². The third kappa shape index (κ3) is 3.52. The van der Waals surface area contributed by atoms with E-state index in [1.807, 2.05) is 0 Å². The van der Waals surface area contributed by atoms with Crippen molar-refractivity contribution in [2.75, 3.05) is 0 Å². The van der Waals surface area contributed by atoms with Crippen LogP contribution in [0.15, 0.2) is 24.3 Å². The molecule has 90 valence electrons. The summed E-state index contributed by atoms with van der Waals surface area (Å²) in [5.41, 5.74) is 1.10. The first-order valence-corrected chi connectivity index (χ1v) is 5.20. The van der Waals surface area contributed by atoms with Crippen LogP contribution in [0.2, 0.25) is 0 Å². The third-order valence-corrected chi connectivity index (χ3v) is 2.20. The van der Waals surface area contributed by atoms with Crippen molar-refractivity contribution >= 4 is 0 Å². The second-order valence-electron chi connectivity index (χ2n) is 4.21. The Bertz CT molecular complexity index is 344. The molecule has 0 unspecified atom stereocenters. The van der Waals surface area contributed by atoms with Crippen molar-refractivity contribution in [1.82, 2.24) is 5.32 Å². The minimum absolute atomic E-state index is 0.216. The van der Waals surface area contributed by atoms with E-state index in [4.69, 9.17) is 0 Å². The van der Waals surface area contributed by atoms with Gasteiger partial charge in [0.05, 0.1) is 0 Å². The summed E-state index contributed by atoms with van der Waals surface area (Å²) < 4.78 is 38.5. The van der Waals surface area contributed by atoms with Crippen molar-refractivity contribution in [2.45, 2.75) is 39.0 Å². The molecule has 0 radical (unpaired) electrons. The Hall–Kier alpha value is -1.03. The lowest BCUT2D eigenvalue weighted by molar-refractivity contribution is -0.159. The van der Waals surface area contributed by atoms with E-state index in [1.165, 1.54) is 6.07 Å². The van der Waals surface area contributed by atoms with Crippen molar-refractivity contribution in [3.05, 3.63) is 35.4 Å². The quantitative estimate of drug-likeness (QED) is 0.838. The fourth-order valence-corrected chi connectivity index (χ4v) is 1.56. The lowest BCUT2D eigenvalue weighted by atomic mass is 10.0. The molecule has 0 aliphatic heterocycles. The van der Waals surface area contributed by atoms with Crippen molar-refractivity contribution in [3.63, 3.8) is 0 Å². The SMILES string of the molecule is Cc1cccc([C@@H](NC(C)C)C(F)(F)F)c1. The normalized spacial score (nSPS) is 14.2. The molecule has 0 heterocycles.